The fourth-order valence-electron chi connectivity index (χ4n) is 2.41. The molecule has 18 heavy (non-hydrogen) atoms. The van der Waals surface area contributed by atoms with Gasteiger partial charge in [-0.3, -0.25) is 0 Å². The zero-order valence-corrected chi connectivity index (χ0v) is 12.1. The Labute approximate surface area is 116 Å². The molecule has 3 heteroatoms. The van der Waals surface area contributed by atoms with E-state index in [-0.39, 0.29) is 5.38 Å². The van der Waals surface area contributed by atoms with Crippen LogP contribution in [-0.2, 0) is 18.0 Å². The number of alkyl halides is 1. The number of rotatable bonds is 2. The lowest BCUT2D eigenvalue weighted by atomic mass is 10.0. The Morgan fingerprint density at radius 3 is 2.67 bits per heavy atom. The van der Waals surface area contributed by atoms with Crippen LogP contribution in [0, 0.1) is 13.8 Å². The monoisotopic (exact) mass is 278 g/mol. The topological polar surface area (TPSA) is 9.23 Å². The number of benzene rings is 1. The van der Waals surface area contributed by atoms with E-state index in [1.54, 1.807) is 11.3 Å². The second-order valence-corrected chi connectivity index (χ2v) is 6.51. The van der Waals surface area contributed by atoms with E-state index >= 15 is 0 Å². The highest BCUT2D eigenvalue weighted by molar-refractivity contribution is 7.12. The van der Waals surface area contributed by atoms with Gasteiger partial charge >= 0.3 is 0 Å². The van der Waals surface area contributed by atoms with Crippen LogP contribution in [0.2, 0.25) is 0 Å². The molecule has 1 aromatic heterocycles. The fourth-order valence-corrected chi connectivity index (χ4v) is 3.90. The average molecular weight is 279 g/mol. The molecule has 2 heterocycles. The van der Waals surface area contributed by atoms with Crippen LogP contribution in [0.5, 0.6) is 0 Å². The molecular weight excluding hydrogens is 264 g/mol. The quantitative estimate of drug-likeness (QED) is 0.722. The summed E-state index contributed by atoms with van der Waals surface area (Å²) in [6, 6.07) is 8.66. The summed E-state index contributed by atoms with van der Waals surface area (Å²) in [4.78, 5) is 2.57. The Bertz CT molecular complexity index is 588. The molecule has 0 aliphatic carbocycles. The van der Waals surface area contributed by atoms with Crippen molar-refractivity contribution in [2.75, 3.05) is 0 Å². The molecule has 0 spiro atoms. The Kier molecular flexibility index (Phi) is 3.18. The first-order valence-electron chi connectivity index (χ1n) is 6.05. The molecule has 1 aliphatic heterocycles. The first-order chi connectivity index (χ1) is 8.65. The maximum atomic E-state index is 6.62. The Balaban J connectivity index is 1.97. The zero-order valence-electron chi connectivity index (χ0n) is 10.5. The van der Waals surface area contributed by atoms with Crippen molar-refractivity contribution in [2.45, 2.75) is 32.4 Å². The number of halogens is 1. The van der Waals surface area contributed by atoms with E-state index < -0.39 is 0 Å². The summed E-state index contributed by atoms with van der Waals surface area (Å²) in [7, 11) is 0. The summed E-state index contributed by atoms with van der Waals surface area (Å²) >= 11 is 8.41. The summed E-state index contributed by atoms with van der Waals surface area (Å²) < 4.78 is 5.44. The minimum absolute atomic E-state index is 0.0467. The van der Waals surface area contributed by atoms with Crippen LogP contribution in [-0.4, -0.2) is 0 Å². The van der Waals surface area contributed by atoms with E-state index in [9.17, 15) is 0 Å². The highest BCUT2D eigenvalue weighted by atomic mass is 35.5. The van der Waals surface area contributed by atoms with Gasteiger partial charge in [-0.1, -0.05) is 18.2 Å². The molecule has 0 saturated heterocycles. The highest BCUT2D eigenvalue weighted by Gasteiger charge is 2.18. The van der Waals surface area contributed by atoms with Crippen molar-refractivity contribution >= 4 is 22.9 Å². The van der Waals surface area contributed by atoms with Gasteiger partial charge < -0.3 is 4.74 Å². The number of hydrogen-bond donors (Lipinski definition) is 0. The van der Waals surface area contributed by atoms with Crippen LogP contribution in [0.1, 0.15) is 37.4 Å². The number of aryl methyl sites for hydroxylation is 2. The lowest BCUT2D eigenvalue weighted by Gasteiger charge is -2.10. The maximum Gasteiger partial charge on any atom is 0.0930 e. The fraction of sp³-hybridized carbons (Fsp3) is 0.333. The van der Waals surface area contributed by atoms with Crippen molar-refractivity contribution in [3.63, 3.8) is 0 Å². The molecule has 2 aromatic rings. The van der Waals surface area contributed by atoms with Gasteiger partial charge in [0.2, 0.25) is 0 Å². The van der Waals surface area contributed by atoms with Crippen molar-refractivity contribution in [1.29, 1.82) is 0 Å². The summed E-state index contributed by atoms with van der Waals surface area (Å²) in [5.41, 5.74) is 5.03. The van der Waals surface area contributed by atoms with Gasteiger partial charge in [0.25, 0.3) is 0 Å². The third kappa shape index (κ3) is 2.09. The molecule has 1 atom stereocenters. The molecule has 94 valence electrons. The molecule has 0 saturated carbocycles. The van der Waals surface area contributed by atoms with Gasteiger partial charge in [-0.25, -0.2) is 0 Å². The number of fused-ring (bicyclic) bond motifs is 1. The number of thiophene rings is 1. The van der Waals surface area contributed by atoms with E-state index in [0.717, 1.165) is 13.2 Å². The second-order valence-electron chi connectivity index (χ2n) is 4.79. The molecular formula is C15H15ClOS. The van der Waals surface area contributed by atoms with E-state index in [0.29, 0.717) is 0 Å². The number of hydrogen-bond acceptors (Lipinski definition) is 2. The third-order valence-corrected chi connectivity index (χ3v) is 5.16. The minimum Gasteiger partial charge on any atom is -0.372 e. The molecule has 1 aliphatic rings. The SMILES string of the molecule is Cc1cc(C)c(C(Cl)c2ccc3c(c2)COC3)s1. The van der Waals surface area contributed by atoms with Crippen molar-refractivity contribution in [3.8, 4) is 0 Å². The molecule has 1 aromatic carbocycles. The van der Waals surface area contributed by atoms with Gasteiger partial charge in [0, 0.05) is 9.75 Å². The summed E-state index contributed by atoms with van der Waals surface area (Å²) in [6.07, 6.45) is 0. The second kappa shape index (κ2) is 4.69. The third-order valence-electron chi connectivity index (χ3n) is 3.35. The smallest absolute Gasteiger partial charge is 0.0930 e. The zero-order chi connectivity index (χ0) is 12.7. The van der Waals surface area contributed by atoms with Gasteiger partial charge in [0.15, 0.2) is 0 Å². The molecule has 0 radical (unpaired) electrons. The van der Waals surface area contributed by atoms with E-state index in [4.69, 9.17) is 16.3 Å². The van der Waals surface area contributed by atoms with Crippen LogP contribution >= 0.6 is 22.9 Å². The summed E-state index contributed by atoms with van der Waals surface area (Å²) in [6.45, 7) is 5.71. The van der Waals surface area contributed by atoms with Gasteiger partial charge in [0.1, 0.15) is 0 Å². The first-order valence-corrected chi connectivity index (χ1v) is 7.31. The van der Waals surface area contributed by atoms with Crippen molar-refractivity contribution in [3.05, 3.63) is 56.3 Å². The molecule has 0 N–H and O–H groups in total. The molecule has 0 amide bonds. The van der Waals surface area contributed by atoms with Gasteiger partial charge in [-0.05, 0) is 42.2 Å². The molecule has 1 nitrogen and oxygen atoms in total. The maximum absolute atomic E-state index is 6.62. The molecule has 0 fully saturated rings. The predicted octanol–water partition coefficient (Wildman–Crippen LogP) is 4.72. The van der Waals surface area contributed by atoms with E-state index in [1.807, 2.05) is 0 Å². The van der Waals surface area contributed by atoms with Crippen LogP contribution in [0.15, 0.2) is 24.3 Å². The first kappa shape index (κ1) is 12.2. The molecule has 0 bridgehead atoms. The Hall–Kier alpha value is -0.830. The molecule has 3 rings (SSSR count). The lowest BCUT2D eigenvalue weighted by Crippen LogP contribution is -1.94. The summed E-state index contributed by atoms with van der Waals surface area (Å²) in [5.74, 6) is 0. The lowest BCUT2D eigenvalue weighted by molar-refractivity contribution is 0.134. The Morgan fingerprint density at radius 2 is 1.94 bits per heavy atom. The standard InChI is InChI=1S/C15H15ClOS/c1-9-5-10(2)18-15(9)14(16)11-3-4-12-7-17-8-13(12)6-11/h3-6,14H,7-8H2,1-2H3. The van der Waals surface area contributed by atoms with Gasteiger partial charge in [-0.15, -0.1) is 22.9 Å². The van der Waals surface area contributed by atoms with Crippen molar-refractivity contribution < 1.29 is 4.74 Å². The van der Waals surface area contributed by atoms with E-state index in [1.165, 1.54) is 32.0 Å². The van der Waals surface area contributed by atoms with Crippen LogP contribution in [0.3, 0.4) is 0 Å². The van der Waals surface area contributed by atoms with Crippen LogP contribution in [0.25, 0.3) is 0 Å². The highest BCUT2D eigenvalue weighted by Crippen LogP contribution is 2.37. The predicted molar refractivity (Wildman–Crippen MR) is 76.4 cm³/mol. The van der Waals surface area contributed by atoms with Gasteiger partial charge in [-0.2, -0.15) is 0 Å². The summed E-state index contributed by atoms with van der Waals surface area (Å²) in [5, 5.41) is -0.0467. The van der Waals surface area contributed by atoms with Crippen molar-refractivity contribution in [1.82, 2.24) is 0 Å². The normalized spacial score (nSPS) is 15.7. The van der Waals surface area contributed by atoms with Gasteiger partial charge in [0.05, 0.1) is 18.6 Å². The van der Waals surface area contributed by atoms with E-state index in [2.05, 4.69) is 38.1 Å². The number of ether oxygens (including phenoxy) is 1. The van der Waals surface area contributed by atoms with Crippen LogP contribution < -0.4 is 0 Å². The Morgan fingerprint density at radius 1 is 1.17 bits per heavy atom. The van der Waals surface area contributed by atoms with Crippen LogP contribution in [0.4, 0.5) is 0 Å². The average Bonchev–Trinajstić information content (AvgIpc) is 2.93. The molecule has 1 unspecified atom stereocenters. The largest absolute Gasteiger partial charge is 0.372 e. The van der Waals surface area contributed by atoms with Crippen molar-refractivity contribution in [2.24, 2.45) is 0 Å². The minimum atomic E-state index is -0.0467.